The van der Waals surface area contributed by atoms with Crippen molar-refractivity contribution in [3.05, 3.63) is 59.2 Å². The van der Waals surface area contributed by atoms with Crippen molar-refractivity contribution in [3.8, 4) is 17.2 Å². The average molecular weight is 495 g/mol. The van der Waals surface area contributed by atoms with Crippen LogP contribution in [-0.2, 0) is 9.59 Å². The predicted octanol–water partition coefficient (Wildman–Crippen LogP) is 4.01. The van der Waals surface area contributed by atoms with E-state index in [9.17, 15) is 14.7 Å². The van der Waals surface area contributed by atoms with Gasteiger partial charge in [-0.2, -0.15) is 0 Å². The summed E-state index contributed by atoms with van der Waals surface area (Å²) in [4.78, 5) is 30.0. The number of unbranched alkanes of at least 4 members (excludes halogenated alkanes) is 1. The van der Waals surface area contributed by atoms with Gasteiger partial charge in [0.25, 0.3) is 11.7 Å². The summed E-state index contributed by atoms with van der Waals surface area (Å²) >= 11 is 0. The SMILES string of the molecule is CCCCOc1ccc([C@@H]2C(=C(O)c3ccc4c(c3)OCCO4)C(=O)C(=O)N2CCCN(C)C)cc1. The van der Waals surface area contributed by atoms with E-state index in [4.69, 9.17) is 14.2 Å². The summed E-state index contributed by atoms with van der Waals surface area (Å²) in [6.07, 6.45) is 2.70. The molecule has 0 unspecified atom stereocenters. The van der Waals surface area contributed by atoms with Gasteiger partial charge in [-0.3, -0.25) is 9.59 Å². The van der Waals surface area contributed by atoms with Crippen molar-refractivity contribution < 1.29 is 28.9 Å². The lowest BCUT2D eigenvalue weighted by Crippen LogP contribution is -2.32. The molecule has 2 aromatic rings. The number of rotatable bonds is 10. The fourth-order valence-electron chi connectivity index (χ4n) is 4.44. The highest BCUT2D eigenvalue weighted by Gasteiger charge is 2.45. The van der Waals surface area contributed by atoms with Gasteiger partial charge in [0.15, 0.2) is 11.5 Å². The van der Waals surface area contributed by atoms with E-state index in [0.717, 1.165) is 30.7 Å². The molecule has 1 saturated heterocycles. The molecule has 2 heterocycles. The number of likely N-dealkylation sites (tertiary alicyclic amines) is 1. The summed E-state index contributed by atoms with van der Waals surface area (Å²) in [6, 6.07) is 11.7. The van der Waals surface area contributed by atoms with Gasteiger partial charge >= 0.3 is 0 Å². The zero-order valence-electron chi connectivity index (χ0n) is 21.2. The van der Waals surface area contributed by atoms with Crippen LogP contribution in [0.2, 0.25) is 0 Å². The van der Waals surface area contributed by atoms with Gasteiger partial charge in [0.1, 0.15) is 24.7 Å². The van der Waals surface area contributed by atoms with Crippen LogP contribution < -0.4 is 14.2 Å². The zero-order valence-corrected chi connectivity index (χ0v) is 21.2. The largest absolute Gasteiger partial charge is 0.507 e. The predicted molar refractivity (Wildman–Crippen MR) is 136 cm³/mol. The molecular weight excluding hydrogens is 460 g/mol. The molecule has 2 aliphatic heterocycles. The molecule has 2 aromatic carbocycles. The second-order valence-electron chi connectivity index (χ2n) is 9.28. The number of benzene rings is 2. The first-order valence-corrected chi connectivity index (χ1v) is 12.5. The van der Waals surface area contributed by atoms with E-state index in [1.54, 1.807) is 23.1 Å². The lowest BCUT2D eigenvalue weighted by Gasteiger charge is -2.26. The second kappa shape index (κ2) is 11.5. The maximum atomic E-state index is 13.2. The Labute approximate surface area is 212 Å². The monoisotopic (exact) mass is 494 g/mol. The molecule has 8 heteroatoms. The van der Waals surface area contributed by atoms with E-state index in [1.165, 1.54) is 0 Å². The molecule has 1 atom stereocenters. The number of aliphatic hydroxyl groups excluding tert-OH is 1. The number of amides is 1. The number of hydrogen-bond donors (Lipinski definition) is 1. The number of fused-ring (bicyclic) bond motifs is 1. The van der Waals surface area contributed by atoms with E-state index in [0.29, 0.717) is 49.8 Å². The van der Waals surface area contributed by atoms with Gasteiger partial charge < -0.3 is 29.1 Å². The number of carbonyl (C=O) groups is 2. The highest BCUT2D eigenvalue weighted by Crippen LogP contribution is 2.41. The van der Waals surface area contributed by atoms with Gasteiger partial charge in [-0.15, -0.1) is 0 Å². The maximum absolute atomic E-state index is 13.2. The van der Waals surface area contributed by atoms with E-state index < -0.39 is 17.7 Å². The molecule has 36 heavy (non-hydrogen) atoms. The average Bonchev–Trinajstić information content (AvgIpc) is 3.13. The Morgan fingerprint density at radius 2 is 1.78 bits per heavy atom. The Hall–Kier alpha value is -3.52. The number of ketones is 1. The third kappa shape index (κ3) is 5.49. The third-order valence-corrected chi connectivity index (χ3v) is 6.32. The fraction of sp³-hybridized carbons (Fsp3) is 0.429. The fourth-order valence-corrected chi connectivity index (χ4v) is 4.44. The molecular formula is C28H34N2O6. The molecule has 1 amide bonds. The van der Waals surface area contributed by atoms with Crippen LogP contribution in [0.3, 0.4) is 0 Å². The third-order valence-electron chi connectivity index (χ3n) is 6.32. The van der Waals surface area contributed by atoms with Gasteiger partial charge in [-0.1, -0.05) is 25.5 Å². The Morgan fingerprint density at radius 3 is 2.47 bits per heavy atom. The molecule has 0 radical (unpaired) electrons. The summed E-state index contributed by atoms with van der Waals surface area (Å²) in [5, 5.41) is 11.3. The minimum Gasteiger partial charge on any atom is -0.507 e. The van der Waals surface area contributed by atoms with E-state index in [2.05, 4.69) is 6.92 Å². The van der Waals surface area contributed by atoms with Crippen molar-refractivity contribution in [2.45, 2.75) is 32.2 Å². The summed E-state index contributed by atoms with van der Waals surface area (Å²) < 4.78 is 17.0. The summed E-state index contributed by atoms with van der Waals surface area (Å²) in [5.74, 6) is 0.270. The number of ether oxygens (including phenoxy) is 3. The Balaban J connectivity index is 1.71. The normalized spacial score (nSPS) is 18.7. The van der Waals surface area contributed by atoms with Gasteiger partial charge in [0.2, 0.25) is 0 Å². The van der Waals surface area contributed by atoms with Crippen LogP contribution in [0.15, 0.2) is 48.0 Å². The lowest BCUT2D eigenvalue weighted by atomic mass is 9.95. The van der Waals surface area contributed by atoms with E-state index in [1.807, 2.05) is 43.3 Å². The number of hydrogen-bond acceptors (Lipinski definition) is 7. The summed E-state index contributed by atoms with van der Waals surface area (Å²) in [7, 11) is 3.93. The molecule has 4 rings (SSSR count). The lowest BCUT2D eigenvalue weighted by molar-refractivity contribution is -0.139. The summed E-state index contributed by atoms with van der Waals surface area (Å²) in [5.41, 5.74) is 1.21. The molecule has 0 aromatic heterocycles. The standard InChI is InChI=1S/C28H34N2O6/c1-4-5-15-34-21-10-7-19(8-11-21)25-24(27(32)28(33)30(25)14-6-13-29(2)3)26(31)20-9-12-22-23(18-20)36-17-16-35-22/h7-12,18,25,31H,4-6,13-17H2,1-3H3/t25-/m1/s1. The van der Waals surface area contributed by atoms with Crippen molar-refractivity contribution in [1.29, 1.82) is 0 Å². The number of aliphatic hydroxyl groups is 1. The van der Waals surface area contributed by atoms with Gasteiger partial charge in [-0.05, 0) is 69.4 Å². The molecule has 0 saturated carbocycles. The van der Waals surface area contributed by atoms with Crippen molar-refractivity contribution in [2.75, 3.05) is 47.0 Å². The van der Waals surface area contributed by atoms with Crippen molar-refractivity contribution in [3.63, 3.8) is 0 Å². The van der Waals surface area contributed by atoms with Crippen molar-refractivity contribution in [1.82, 2.24) is 9.80 Å². The van der Waals surface area contributed by atoms with Gasteiger partial charge in [0.05, 0.1) is 18.2 Å². The molecule has 192 valence electrons. The topological polar surface area (TPSA) is 88.5 Å². The van der Waals surface area contributed by atoms with Crippen LogP contribution in [0.25, 0.3) is 5.76 Å². The van der Waals surface area contributed by atoms with Crippen molar-refractivity contribution >= 4 is 17.4 Å². The van der Waals surface area contributed by atoms with Crippen LogP contribution in [0.4, 0.5) is 0 Å². The molecule has 2 aliphatic rings. The van der Waals surface area contributed by atoms with Crippen LogP contribution in [0.1, 0.15) is 43.4 Å². The van der Waals surface area contributed by atoms with Gasteiger partial charge in [0, 0.05) is 12.1 Å². The molecule has 1 N–H and O–H groups in total. The maximum Gasteiger partial charge on any atom is 0.295 e. The number of nitrogens with zero attached hydrogens (tertiary/aromatic N) is 2. The number of Topliss-reactive ketones (excluding diaryl/α,β-unsaturated/α-hetero) is 1. The molecule has 0 spiro atoms. The minimum atomic E-state index is -0.704. The first-order chi connectivity index (χ1) is 17.4. The molecule has 0 bridgehead atoms. The highest BCUT2D eigenvalue weighted by molar-refractivity contribution is 6.46. The van der Waals surface area contributed by atoms with Crippen LogP contribution in [-0.4, -0.2) is 73.6 Å². The van der Waals surface area contributed by atoms with Crippen LogP contribution in [0, 0.1) is 0 Å². The van der Waals surface area contributed by atoms with Crippen molar-refractivity contribution in [2.24, 2.45) is 0 Å². The Bertz CT molecular complexity index is 1130. The molecule has 1 fully saturated rings. The minimum absolute atomic E-state index is 0.0705. The summed E-state index contributed by atoms with van der Waals surface area (Å²) in [6.45, 7) is 4.74. The van der Waals surface area contributed by atoms with E-state index >= 15 is 0 Å². The first-order valence-electron chi connectivity index (χ1n) is 12.5. The Kier molecular flexibility index (Phi) is 8.15. The quantitative estimate of drug-likeness (QED) is 0.231. The highest BCUT2D eigenvalue weighted by atomic mass is 16.6. The van der Waals surface area contributed by atoms with E-state index in [-0.39, 0.29) is 11.3 Å². The molecule has 8 nitrogen and oxygen atoms in total. The second-order valence-corrected chi connectivity index (χ2v) is 9.28. The molecule has 0 aliphatic carbocycles. The first kappa shape index (κ1) is 25.6. The van der Waals surface area contributed by atoms with Gasteiger partial charge in [-0.25, -0.2) is 0 Å². The zero-order chi connectivity index (χ0) is 25.7. The smallest absolute Gasteiger partial charge is 0.295 e. The Morgan fingerprint density at radius 1 is 1.06 bits per heavy atom. The van der Waals surface area contributed by atoms with Crippen LogP contribution in [0.5, 0.6) is 17.2 Å². The van der Waals surface area contributed by atoms with Crippen LogP contribution >= 0.6 is 0 Å². The number of carbonyl (C=O) groups excluding carboxylic acids is 2.